The zero-order valence-electron chi connectivity index (χ0n) is 8.71. The first-order valence-electron chi connectivity index (χ1n) is 4.58. The van der Waals surface area contributed by atoms with E-state index < -0.39 is 11.6 Å². The standard InChI is InChI=1S/C10H9F2N3S/c1-5-3-6(8(12)4-7(5)11)9-13-14-10(16)15(9)2/h3-4H,1-2H3,(H,14,16). The molecule has 3 nitrogen and oxygen atoms in total. The zero-order chi connectivity index (χ0) is 11.9. The van der Waals surface area contributed by atoms with E-state index in [2.05, 4.69) is 10.2 Å². The molecule has 0 saturated carbocycles. The molecule has 0 bridgehead atoms. The number of benzene rings is 1. The van der Waals surface area contributed by atoms with Crippen molar-refractivity contribution in [3.05, 3.63) is 34.1 Å². The van der Waals surface area contributed by atoms with Crippen LogP contribution in [0.3, 0.4) is 0 Å². The van der Waals surface area contributed by atoms with E-state index in [0.29, 0.717) is 16.2 Å². The van der Waals surface area contributed by atoms with Gasteiger partial charge in [-0.1, -0.05) is 0 Å². The topological polar surface area (TPSA) is 33.6 Å². The Hall–Kier alpha value is -1.56. The number of aromatic amines is 1. The molecule has 0 aliphatic heterocycles. The van der Waals surface area contributed by atoms with Crippen molar-refractivity contribution in [3.8, 4) is 11.4 Å². The van der Waals surface area contributed by atoms with Crippen molar-refractivity contribution in [1.29, 1.82) is 0 Å². The molecular weight excluding hydrogens is 232 g/mol. The third-order valence-electron chi connectivity index (χ3n) is 2.37. The van der Waals surface area contributed by atoms with Crippen molar-refractivity contribution >= 4 is 12.2 Å². The molecule has 2 rings (SSSR count). The SMILES string of the molecule is Cc1cc(-c2n[nH]c(=S)n2C)c(F)cc1F. The molecule has 0 saturated heterocycles. The van der Waals surface area contributed by atoms with Crippen LogP contribution < -0.4 is 0 Å². The summed E-state index contributed by atoms with van der Waals surface area (Å²) in [5, 5.41) is 6.45. The molecule has 0 unspecified atom stereocenters. The Morgan fingerprint density at radius 1 is 1.31 bits per heavy atom. The van der Waals surface area contributed by atoms with E-state index in [9.17, 15) is 8.78 Å². The van der Waals surface area contributed by atoms with Gasteiger partial charge in [0, 0.05) is 13.1 Å². The van der Waals surface area contributed by atoms with Crippen LogP contribution in [0.25, 0.3) is 11.4 Å². The molecule has 0 fully saturated rings. The molecule has 0 radical (unpaired) electrons. The number of hydrogen-bond acceptors (Lipinski definition) is 2. The molecule has 0 aliphatic rings. The minimum Gasteiger partial charge on any atom is -0.303 e. The first kappa shape index (κ1) is 10.9. The van der Waals surface area contributed by atoms with Gasteiger partial charge in [0.2, 0.25) is 0 Å². The van der Waals surface area contributed by atoms with Gasteiger partial charge in [-0.15, -0.1) is 0 Å². The molecule has 1 aromatic carbocycles. The zero-order valence-corrected chi connectivity index (χ0v) is 9.53. The maximum atomic E-state index is 13.6. The Bertz CT molecular complexity index is 601. The number of nitrogens with one attached hydrogen (secondary N) is 1. The predicted octanol–water partition coefficient (Wildman–Crippen LogP) is 2.73. The molecule has 1 N–H and O–H groups in total. The van der Waals surface area contributed by atoms with Crippen LogP contribution in [0.1, 0.15) is 5.56 Å². The molecule has 0 spiro atoms. The smallest absolute Gasteiger partial charge is 0.195 e. The summed E-state index contributed by atoms with van der Waals surface area (Å²) in [6.07, 6.45) is 0. The summed E-state index contributed by atoms with van der Waals surface area (Å²) in [5.74, 6) is -0.871. The van der Waals surface area contributed by atoms with Crippen molar-refractivity contribution in [2.45, 2.75) is 6.92 Å². The summed E-state index contributed by atoms with van der Waals surface area (Å²) in [7, 11) is 1.67. The lowest BCUT2D eigenvalue weighted by molar-refractivity contribution is 0.578. The Labute approximate surface area is 95.7 Å². The number of hydrogen-bond donors (Lipinski definition) is 1. The van der Waals surface area contributed by atoms with Crippen molar-refractivity contribution in [1.82, 2.24) is 14.8 Å². The summed E-state index contributed by atoms with van der Waals surface area (Å²) in [5.41, 5.74) is 0.596. The fourth-order valence-corrected chi connectivity index (χ4v) is 1.55. The second-order valence-electron chi connectivity index (χ2n) is 3.49. The largest absolute Gasteiger partial charge is 0.303 e. The van der Waals surface area contributed by atoms with Crippen molar-refractivity contribution < 1.29 is 8.78 Å². The van der Waals surface area contributed by atoms with Crippen LogP contribution in [0.5, 0.6) is 0 Å². The van der Waals surface area contributed by atoms with Crippen LogP contribution in [0.15, 0.2) is 12.1 Å². The molecule has 2 aromatic rings. The second kappa shape index (κ2) is 3.79. The molecule has 0 atom stereocenters. The minimum absolute atomic E-state index is 0.230. The van der Waals surface area contributed by atoms with Crippen molar-refractivity contribution in [2.75, 3.05) is 0 Å². The summed E-state index contributed by atoms with van der Waals surface area (Å²) in [6.45, 7) is 1.57. The van der Waals surface area contributed by atoms with Crippen LogP contribution in [0.4, 0.5) is 8.78 Å². The van der Waals surface area contributed by atoms with Gasteiger partial charge in [-0.25, -0.2) is 8.78 Å². The molecule has 16 heavy (non-hydrogen) atoms. The van der Waals surface area contributed by atoms with Crippen LogP contribution in [-0.2, 0) is 7.05 Å². The van der Waals surface area contributed by atoms with Crippen molar-refractivity contribution in [3.63, 3.8) is 0 Å². The Morgan fingerprint density at radius 3 is 2.56 bits per heavy atom. The maximum absolute atomic E-state index is 13.6. The van der Waals surface area contributed by atoms with Crippen molar-refractivity contribution in [2.24, 2.45) is 7.05 Å². The molecule has 1 aromatic heterocycles. The van der Waals surface area contributed by atoms with Crippen LogP contribution in [0.2, 0.25) is 0 Å². The van der Waals surface area contributed by atoms with Gasteiger partial charge in [0.25, 0.3) is 0 Å². The number of halogens is 2. The third-order valence-corrected chi connectivity index (χ3v) is 2.73. The van der Waals surface area contributed by atoms with E-state index in [1.165, 1.54) is 10.6 Å². The predicted molar refractivity (Wildman–Crippen MR) is 58.5 cm³/mol. The first-order valence-corrected chi connectivity index (χ1v) is 4.99. The molecular formula is C10H9F2N3S. The van der Waals surface area contributed by atoms with Crippen LogP contribution in [0, 0.1) is 23.3 Å². The van der Waals surface area contributed by atoms with Crippen LogP contribution in [-0.4, -0.2) is 14.8 Å². The minimum atomic E-state index is -0.653. The van der Waals surface area contributed by atoms with Gasteiger partial charge in [-0.2, -0.15) is 5.10 Å². The van der Waals surface area contributed by atoms with Gasteiger partial charge in [-0.05, 0) is 30.8 Å². The fourth-order valence-electron chi connectivity index (χ4n) is 1.42. The van der Waals surface area contributed by atoms with E-state index in [1.807, 2.05) is 0 Å². The van der Waals surface area contributed by atoms with E-state index in [4.69, 9.17) is 12.2 Å². The number of aromatic nitrogens is 3. The lowest BCUT2D eigenvalue weighted by Gasteiger charge is -2.04. The van der Waals surface area contributed by atoms with Gasteiger partial charge in [-0.3, -0.25) is 5.10 Å². The quantitative estimate of drug-likeness (QED) is 0.779. The van der Waals surface area contributed by atoms with E-state index >= 15 is 0 Å². The Balaban J connectivity index is 2.69. The highest BCUT2D eigenvalue weighted by atomic mass is 32.1. The highest BCUT2D eigenvalue weighted by molar-refractivity contribution is 7.71. The molecule has 84 valence electrons. The fraction of sp³-hybridized carbons (Fsp3) is 0.200. The second-order valence-corrected chi connectivity index (χ2v) is 3.88. The third kappa shape index (κ3) is 1.65. The van der Waals surface area contributed by atoms with Gasteiger partial charge in [0.05, 0.1) is 5.56 Å². The maximum Gasteiger partial charge on any atom is 0.195 e. The average Bonchev–Trinajstić information content (AvgIpc) is 2.54. The van der Waals surface area contributed by atoms with E-state index in [-0.39, 0.29) is 5.56 Å². The summed E-state index contributed by atoms with van der Waals surface area (Å²) >= 11 is 4.92. The molecule has 0 amide bonds. The summed E-state index contributed by atoms with van der Waals surface area (Å²) < 4.78 is 28.6. The molecule has 0 aliphatic carbocycles. The first-order chi connectivity index (χ1) is 7.50. The summed E-state index contributed by atoms with van der Waals surface area (Å²) in [6, 6.07) is 2.26. The lowest BCUT2D eigenvalue weighted by atomic mass is 10.1. The highest BCUT2D eigenvalue weighted by Gasteiger charge is 2.13. The number of H-pyrrole nitrogens is 1. The van der Waals surface area contributed by atoms with Gasteiger partial charge < -0.3 is 4.57 Å². The van der Waals surface area contributed by atoms with Gasteiger partial charge in [0.15, 0.2) is 10.6 Å². The monoisotopic (exact) mass is 241 g/mol. The average molecular weight is 241 g/mol. The lowest BCUT2D eigenvalue weighted by Crippen LogP contribution is -1.97. The van der Waals surface area contributed by atoms with E-state index in [1.54, 1.807) is 14.0 Å². The number of aryl methyl sites for hydroxylation is 1. The van der Waals surface area contributed by atoms with Gasteiger partial charge >= 0.3 is 0 Å². The highest BCUT2D eigenvalue weighted by Crippen LogP contribution is 2.23. The summed E-state index contributed by atoms with van der Waals surface area (Å²) in [4.78, 5) is 0. The normalized spacial score (nSPS) is 10.8. The molecule has 1 heterocycles. The Kier molecular flexibility index (Phi) is 2.59. The van der Waals surface area contributed by atoms with E-state index in [0.717, 1.165) is 6.07 Å². The molecule has 6 heteroatoms. The van der Waals surface area contributed by atoms with Gasteiger partial charge in [0.1, 0.15) is 11.6 Å². The number of nitrogens with zero attached hydrogens (tertiary/aromatic N) is 2. The number of rotatable bonds is 1. The Morgan fingerprint density at radius 2 is 2.00 bits per heavy atom. The van der Waals surface area contributed by atoms with Crippen LogP contribution >= 0.6 is 12.2 Å².